The molecule has 4 heterocycles. The number of rotatable bonds is 4. The van der Waals surface area contributed by atoms with E-state index in [4.69, 9.17) is 4.42 Å². The molecule has 3 aromatic heterocycles. The van der Waals surface area contributed by atoms with E-state index in [0.29, 0.717) is 17.2 Å². The summed E-state index contributed by atoms with van der Waals surface area (Å²) in [5.74, 6) is -1.53. The van der Waals surface area contributed by atoms with Crippen molar-refractivity contribution in [2.24, 2.45) is 5.92 Å². The van der Waals surface area contributed by atoms with Crippen LogP contribution < -0.4 is 16.0 Å². The molecule has 1 aromatic carbocycles. The number of aromatic amines is 1. The van der Waals surface area contributed by atoms with E-state index in [1.165, 1.54) is 28.8 Å². The lowest BCUT2D eigenvalue weighted by Crippen LogP contribution is -2.50. The van der Waals surface area contributed by atoms with E-state index in [1.807, 2.05) is 44.2 Å². The van der Waals surface area contributed by atoms with Crippen LogP contribution in [-0.4, -0.2) is 67.6 Å². The van der Waals surface area contributed by atoms with E-state index in [1.54, 1.807) is 19.2 Å². The number of aryl methyl sites for hydroxylation is 1. The van der Waals surface area contributed by atoms with Gasteiger partial charge in [-0.3, -0.25) is 19.2 Å². The normalized spacial score (nSPS) is 20.0. The highest BCUT2D eigenvalue weighted by Crippen LogP contribution is 2.25. The molecule has 14 heteroatoms. The minimum atomic E-state index is -0.676. The number of H-pyrrole nitrogens is 1. The van der Waals surface area contributed by atoms with Crippen LogP contribution in [0.1, 0.15) is 86.5 Å². The quantitative estimate of drug-likeness (QED) is 0.270. The Kier molecular flexibility index (Phi) is 9.18. The molecule has 13 nitrogen and oxygen atoms in total. The average molecular weight is 619 g/mol. The van der Waals surface area contributed by atoms with Crippen LogP contribution in [0, 0.1) is 12.8 Å². The lowest BCUT2D eigenvalue weighted by Gasteiger charge is -2.29. The molecule has 0 aliphatic carbocycles. The number of hydrogen-bond donors (Lipinski definition) is 4. The number of aromatic nitrogens is 4. The Hall–Kier alpha value is -4.85. The van der Waals surface area contributed by atoms with Crippen LogP contribution in [0.5, 0.6) is 0 Å². The van der Waals surface area contributed by atoms with Gasteiger partial charge in [-0.15, -0.1) is 11.3 Å². The van der Waals surface area contributed by atoms with Crippen molar-refractivity contribution < 1.29 is 23.6 Å². The maximum atomic E-state index is 13.6. The minimum Gasteiger partial charge on any atom is -0.443 e. The van der Waals surface area contributed by atoms with Crippen molar-refractivity contribution in [2.45, 2.75) is 52.2 Å². The lowest BCUT2D eigenvalue weighted by molar-refractivity contribution is -0.123. The van der Waals surface area contributed by atoms with Gasteiger partial charge in [0.25, 0.3) is 17.7 Å². The standard InChI is InChI=1S/C30H34N8O5S/c1-16(2)24-28-37-25(18(4)43-28)27(41)33-17(3)29-35-22(14-44-29)26(40)34-20(10-19-8-6-5-7-9-19)12-38(13-23(39)36-24)30(42)21-11-31-15-32-21/h5-9,11,14-17,20,24H,10,12-13H2,1-4H3,(H,31,32)(H,33,41)(H,34,40)(H,36,39)/t17-,20-,24+/m1/s1. The van der Waals surface area contributed by atoms with Gasteiger partial charge in [-0.1, -0.05) is 44.2 Å². The minimum absolute atomic E-state index is 0.0178. The zero-order chi connectivity index (χ0) is 31.4. The van der Waals surface area contributed by atoms with Gasteiger partial charge >= 0.3 is 0 Å². The Morgan fingerprint density at radius 2 is 1.86 bits per heavy atom. The first-order chi connectivity index (χ1) is 21.1. The molecule has 0 fully saturated rings. The predicted molar refractivity (Wildman–Crippen MR) is 161 cm³/mol. The summed E-state index contributed by atoms with van der Waals surface area (Å²) >= 11 is 1.24. The third-order valence-corrected chi connectivity index (χ3v) is 8.23. The molecule has 4 bridgehead atoms. The van der Waals surface area contributed by atoms with Gasteiger partial charge in [0.1, 0.15) is 28.2 Å². The van der Waals surface area contributed by atoms with Gasteiger partial charge in [-0.05, 0) is 31.7 Å². The zero-order valence-corrected chi connectivity index (χ0v) is 25.6. The van der Waals surface area contributed by atoms with Crippen LogP contribution >= 0.6 is 11.3 Å². The summed E-state index contributed by atoms with van der Waals surface area (Å²) < 4.78 is 5.87. The Morgan fingerprint density at radius 3 is 2.57 bits per heavy atom. The molecule has 1 aliphatic heterocycles. The van der Waals surface area contributed by atoms with E-state index < -0.39 is 41.8 Å². The highest BCUT2D eigenvalue weighted by Gasteiger charge is 2.31. The average Bonchev–Trinajstić information content (AvgIpc) is 3.76. The van der Waals surface area contributed by atoms with Crippen molar-refractivity contribution >= 4 is 35.0 Å². The first-order valence-corrected chi connectivity index (χ1v) is 15.1. The molecule has 0 saturated carbocycles. The molecule has 5 rings (SSSR count). The number of thiazole rings is 1. The van der Waals surface area contributed by atoms with E-state index in [-0.39, 0.29) is 42.0 Å². The molecular weight excluding hydrogens is 584 g/mol. The molecule has 4 amide bonds. The number of imidazole rings is 1. The van der Waals surface area contributed by atoms with Gasteiger partial charge in [0.05, 0.1) is 31.2 Å². The second-order valence-corrected chi connectivity index (χ2v) is 11.9. The molecule has 0 radical (unpaired) electrons. The van der Waals surface area contributed by atoms with Crippen molar-refractivity contribution in [1.29, 1.82) is 0 Å². The molecule has 3 atom stereocenters. The Balaban J connectivity index is 1.54. The summed E-state index contributed by atoms with van der Waals surface area (Å²) in [6.07, 6.45) is 3.15. The van der Waals surface area contributed by atoms with E-state index in [9.17, 15) is 19.2 Å². The fourth-order valence-corrected chi connectivity index (χ4v) is 5.74. The van der Waals surface area contributed by atoms with Crippen molar-refractivity contribution in [3.05, 3.63) is 87.5 Å². The molecular formula is C30H34N8O5S. The molecule has 1 aliphatic rings. The molecule has 0 spiro atoms. The van der Waals surface area contributed by atoms with E-state index in [0.717, 1.165) is 5.56 Å². The van der Waals surface area contributed by atoms with Crippen LogP contribution in [-0.2, 0) is 11.2 Å². The highest BCUT2D eigenvalue weighted by molar-refractivity contribution is 7.09. The zero-order valence-electron chi connectivity index (χ0n) is 24.8. The fourth-order valence-electron chi connectivity index (χ4n) is 4.93. The summed E-state index contributed by atoms with van der Waals surface area (Å²) in [5, 5.41) is 11.0. The molecule has 0 saturated heterocycles. The van der Waals surface area contributed by atoms with Crippen molar-refractivity contribution in [1.82, 2.24) is 40.8 Å². The number of amides is 4. The number of carbonyl (C=O) groups is 4. The van der Waals surface area contributed by atoms with E-state index in [2.05, 4.69) is 35.9 Å². The second-order valence-electron chi connectivity index (χ2n) is 11.0. The monoisotopic (exact) mass is 618 g/mol. The van der Waals surface area contributed by atoms with Crippen LogP contribution in [0.4, 0.5) is 0 Å². The molecule has 0 unspecified atom stereocenters. The third kappa shape index (κ3) is 7.02. The second kappa shape index (κ2) is 13.2. The number of hydrogen-bond acceptors (Lipinski definition) is 9. The first-order valence-electron chi connectivity index (χ1n) is 14.2. The topological polar surface area (TPSA) is 175 Å². The molecule has 44 heavy (non-hydrogen) atoms. The van der Waals surface area contributed by atoms with Gasteiger partial charge in [-0.25, -0.2) is 15.0 Å². The first kappa shape index (κ1) is 30.6. The molecule has 230 valence electrons. The smallest absolute Gasteiger partial charge is 0.274 e. The van der Waals surface area contributed by atoms with Crippen LogP contribution in [0.15, 0.2) is 52.7 Å². The van der Waals surface area contributed by atoms with Gasteiger partial charge in [0.2, 0.25) is 11.8 Å². The number of nitrogens with one attached hydrogen (secondary N) is 4. The highest BCUT2D eigenvalue weighted by atomic mass is 32.1. The van der Waals surface area contributed by atoms with Gasteiger partial charge in [0.15, 0.2) is 5.69 Å². The predicted octanol–water partition coefficient (Wildman–Crippen LogP) is 2.96. The Morgan fingerprint density at radius 1 is 1.09 bits per heavy atom. The number of benzene rings is 1. The van der Waals surface area contributed by atoms with Crippen LogP contribution in [0.25, 0.3) is 0 Å². The van der Waals surface area contributed by atoms with Gasteiger partial charge in [-0.2, -0.15) is 0 Å². The van der Waals surface area contributed by atoms with Crippen LogP contribution in [0.2, 0.25) is 0 Å². The lowest BCUT2D eigenvalue weighted by atomic mass is 10.0. The fraction of sp³-hybridized carbons (Fsp3) is 0.367. The van der Waals surface area contributed by atoms with Crippen LogP contribution in [0.3, 0.4) is 0 Å². The Bertz CT molecular complexity index is 1630. The van der Waals surface area contributed by atoms with E-state index >= 15 is 0 Å². The summed E-state index contributed by atoms with van der Waals surface area (Å²) in [6.45, 7) is 6.86. The maximum absolute atomic E-state index is 13.6. The van der Waals surface area contributed by atoms with Gasteiger partial charge < -0.3 is 30.3 Å². The summed E-state index contributed by atoms with van der Waals surface area (Å²) in [4.78, 5) is 70.8. The molecule has 4 aromatic rings. The number of fused-ring (bicyclic) bond motifs is 4. The SMILES string of the molecule is Cc1oc2nc1C(=O)N[C@H](C)c1nc(cs1)C(=O)N[C@H](Cc1ccccc1)CN(C(=O)c1cnc[nH]1)CC(=O)N[C@H]2C(C)C. The maximum Gasteiger partial charge on any atom is 0.274 e. The Labute approximate surface area is 257 Å². The number of oxazole rings is 1. The van der Waals surface area contributed by atoms with Gasteiger partial charge in [0, 0.05) is 11.9 Å². The third-order valence-electron chi connectivity index (χ3n) is 7.20. The summed E-state index contributed by atoms with van der Waals surface area (Å²) in [5.41, 5.74) is 1.39. The summed E-state index contributed by atoms with van der Waals surface area (Å²) in [7, 11) is 0. The number of carbonyl (C=O) groups excluding carboxylic acids is 4. The van der Waals surface area contributed by atoms with Crippen molar-refractivity contribution in [2.75, 3.05) is 13.1 Å². The van der Waals surface area contributed by atoms with Crippen molar-refractivity contribution in [3.8, 4) is 0 Å². The van der Waals surface area contributed by atoms with Crippen molar-refractivity contribution in [3.63, 3.8) is 0 Å². The summed E-state index contributed by atoms with van der Waals surface area (Å²) in [6, 6.07) is 7.76. The molecule has 4 N–H and O–H groups in total. The number of nitrogens with zero attached hydrogens (tertiary/aromatic N) is 4. The largest absolute Gasteiger partial charge is 0.443 e.